The van der Waals surface area contributed by atoms with Crippen LogP contribution in [0.1, 0.15) is 39.5 Å². The molecule has 1 aliphatic rings. The van der Waals surface area contributed by atoms with Crippen LogP contribution in [-0.2, 0) is 22.7 Å². The molecule has 0 saturated carbocycles. The minimum absolute atomic E-state index is 0.342. The van der Waals surface area contributed by atoms with Crippen molar-refractivity contribution in [3.05, 3.63) is 64.7 Å². The van der Waals surface area contributed by atoms with Gasteiger partial charge in [0.05, 0.1) is 25.7 Å². The quantitative estimate of drug-likeness (QED) is 0.781. The average Bonchev–Trinajstić information content (AvgIpc) is 3.07. The standard InChI is InChI=1S/C19H16F3NO5/c20-19(21,22)28-15-5-3-11(4-6-15)16(8-17(24)25)23-18(26)12-1-2-13-9-27-10-14(13)7-12/h1-7,16H,8-10H2,(H,23,26)(H,24,25). The SMILES string of the molecule is O=C(O)CC(NC(=O)c1ccc2c(c1)COC2)c1ccc(OC(F)(F)F)cc1. The molecule has 148 valence electrons. The third kappa shape index (κ3) is 5.01. The lowest BCUT2D eigenvalue weighted by molar-refractivity contribution is -0.274. The van der Waals surface area contributed by atoms with Crippen LogP contribution in [0.4, 0.5) is 13.2 Å². The largest absolute Gasteiger partial charge is 0.573 e. The molecule has 28 heavy (non-hydrogen) atoms. The Labute approximate surface area is 157 Å². The van der Waals surface area contributed by atoms with Gasteiger partial charge in [0, 0.05) is 5.56 Å². The highest BCUT2D eigenvalue weighted by Gasteiger charge is 2.31. The Morgan fingerprint density at radius 2 is 1.79 bits per heavy atom. The molecule has 1 amide bonds. The lowest BCUT2D eigenvalue weighted by Crippen LogP contribution is -2.30. The predicted molar refractivity (Wildman–Crippen MR) is 90.5 cm³/mol. The van der Waals surface area contributed by atoms with E-state index < -0.39 is 36.5 Å². The van der Waals surface area contributed by atoms with Gasteiger partial charge in [-0.2, -0.15) is 0 Å². The number of carboxylic acid groups (broad SMARTS) is 1. The normalized spacial score (nSPS) is 14.2. The highest BCUT2D eigenvalue weighted by molar-refractivity contribution is 5.95. The Balaban J connectivity index is 1.76. The molecule has 2 aromatic carbocycles. The van der Waals surface area contributed by atoms with Gasteiger partial charge >= 0.3 is 12.3 Å². The van der Waals surface area contributed by atoms with Crippen molar-refractivity contribution in [3.8, 4) is 5.75 Å². The summed E-state index contributed by atoms with van der Waals surface area (Å²) in [7, 11) is 0. The number of fused-ring (bicyclic) bond motifs is 1. The van der Waals surface area contributed by atoms with Crippen molar-refractivity contribution in [1.29, 1.82) is 0 Å². The number of rotatable bonds is 6. The minimum atomic E-state index is -4.83. The monoisotopic (exact) mass is 395 g/mol. The van der Waals surface area contributed by atoms with Gasteiger partial charge in [0.25, 0.3) is 5.91 Å². The molecule has 9 heteroatoms. The number of hydrogen-bond acceptors (Lipinski definition) is 4. The van der Waals surface area contributed by atoms with Crippen LogP contribution in [0.3, 0.4) is 0 Å². The van der Waals surface area contributed by atoms with Crippen molar-refractivity contribution in [2.45, 2.75) is 32.0 Å². The second-order valence-corrected chi connectivity index (χ2v) is 6.22. The summed E-state index contributed by atoms with van der Waals surface area (Å²) in [6.45, 7) is 0.876. The average molecular weight is 395 g/mol. The predicted octanol–water partition coefficient (Wildman–Crippen LogP) is 3.56. The van der Waals surface area contributed by atoms with Crippen molar-refractivity contribution < 1.29 is 37.3 Å². The van der Waals surface area contributed by atoms with E-state index in [1.807, 2.05) is 0 Å². The van der Waals surface area contributed by atoms with Gasteiger partial charge in [0.1, 0.15) is 5.75 Å². The lowest BCUT2D eigenvalue weighted by atomic mass is 10.0. The van der Waals surface area contributed by atoms with Gasteiger partial charge in [-0.05, 0) is 41.0 Å². The molecule has 1 unspecified atom stereocenters. The summed E-state index contributed by atoms with van der Waals surface area (Å²) in [6.07, 6.45) is -5.26. The smallest absolute Gasteiger partial charge is 0.481 e. The Morgan fingerprint density at radius 3 is 2.43 bits per heavy atom. The molecular formula is C19H16F3NO5. The van der Waals surface area contributed by atoms with Crippen molar-refractivity contribution >= 4 is 11.9 Å². The molecule has 0 spiro atoms. The summed E-state index contributed by atoms with van der Waals surface area (Å²) in [6, 6.07) is 8.84. The first-order chi connectivity index (χ1) is 13.2. The van der Waals surface area contributed by atoms with E-state index in [2.05, 4.69) is 10.1 Å². The molecule has 1 heterocycles. The van der Waals surface area contributed by atoms with Crippen LogP contribution < -0.4 is 10.1 Å². The number of nitrogens with one attached hydrogen (secondary N) is 1. The topological polar surface area (TPSA) is 84.9 Å². The maximum Gasteiger partial charge on any atom is 0.573 e. The van der Waals surface area contributed by atoms with E-state index in [0.29, 0.717) is 24.3 Å². The van der Waals surface area contributed by atoms with Crippen LogP contribution in [-0.4, -0.2) is 23.3 Å². The van der Waals surface area contributed by atoms with Gasteiger partial charge < -0.3 is 19.9 Å². The Kier molecular flexibility index (Phi) is 5.55. The molecule has 0 aromatic heterocycles. The van der Waals surface area contributed by atoms with Crippen LogP contribution >= 0.6 is 0 Å². The minimum Gasteiger partial charge on any atom is -0.481 e. The number of halogens is 3. The molecule has 3 rings (SSSR count). The number of benzene rings is 2. The first-order valence-corrected chi connectivity index (χ1v) is 8.29. The zero-order valence-electron chi connectivity index (χ0n) is 14.5. The summed E-state index contributed by atoms with van der Waals surface area (Å²) >= 11 is 0. The Morgan fingerprint density at radius 1 is 1.11 bits per heavy atom. The van der Waals surface area contributed by atoms with Crippen LogP contribution in [0.5, 0.6) is 5.75 Å². The molecule has 1 atom stereocenters. The van der Waals surface area contributed by atoms with Gasteiger partial charge in [0.15, 0.2) is 0 Å². The van der Waals surface area contributed by atoms with E-state index in [1.54, 1.807) is 18.2 Å². The zero-order valence-corrected chi connectivity index (χ0v) is 14.5. The first-order valence-electron chi connectivity index (χ1n) is 8.29. The van der Waals surface area contributed by atoms with Gasteiger partial charge in [-0.3, -0.25) is 9.59 Å². The van der Waals surface area contributed by atoms with E-state index in [1.165, 1.54) is 12.1 Å². The number of hydrogen-bond donors (Lipinski definition) is 2. The Hall–Kier alpha value is -3.07. The van der Waals surface area contributed by atoms with E-state index in [4.69, 9.17) is 9.84 Å². The van der Waals surface area contributed by atoms with E-state index in [-0.39, 0.29) is 0 Å². The fourth-order valence-electron chi connectivity index (χ4n) is 2.88. The number of carbonyl (C=O) groups is 2. The van der Waals surface area contributed by atoms with Crippen LogP contribution in [0, 0.1) is 0 Å². The van der Waals surface area contributed by atoms with Gasteiger partial charge in [-0.15, -0.1) is 13.2 Å². The van der Waals surface area contributed by atoms with E-state index in [0.717, 1.165) is 23.3 Å². The number of aliphatic carboxylic acids is 1. The molecule has 1 aliphatic heterocycles. The molecule has 0 aliphatic carbocycles. The highest BCUT2D eigenvalue weighted by Crippen LogP contribution is 2.26. The van der Waals surface area contributed by atoms with Gasteiger partial charge in [0.2, 0.25) is 0 Å². The second-order valence-electron chi connectivity index (χ2n) is 6.22. The van der Waals surface area contributed by atoms with Crippen molar-refractivity contribution in [3.63, 3.8) is 0 Å². The van der Waals surface area contributed by atoms with Crippen molar-refractivity contribution in [2.24, 2.45) is 0 Å². The van der Waals surface area contributed by atoms with Gasteiger partial charge in [-0.1, -0.05) is 18.2 Å². The van der Waals surface area contributed by atoms with E-state index in [9.17, 15) is 22.8 Å². The first kappa shape index (κ1) is 19.7. The molecule has 6 nitrogen and oxygen atoms in total. The molecule has 0 radical (unpaired) electrons. The van der Waals surface area contributed by atoms with Crippen molar-refractivity contribution in [2.75, 3.05) is 0 Å². The third-order valence-corrected chi connectivity index (χ3v) is 4.18. The maximum atomic E-state index is 12.5. The number of alkyl halides is 3. The fourth-order valence-corrected chi connectivity index (χ4v) is 2.88. The molecular weight excluding hydrogens is 379 g/mol. The van der Waals surface area contributed by atoms with Gasteiger partial charge in [-0.25, -0.2) is 0 Å². The van der Waals surface area contributed by atoms with E-state index >= 15 is 0 Å². The summed E-state index contributed by atoms with van der Waals surface area (Å²) in [5.41, 5.74) is 2.56. The summed E-state index contributed by atoms with van der Waals surface area (Å²) < 4.78 is 45.9. The number of ether oxygens (including phenoxy) is 2. The maximum absolute atomic E-state index is 12.5. The summed E-state index contributed by atoms with van der Waals surface area (Å²) in [5, 5.41) is 11.7. The molecule has 0 saturated heterocycles. The number of carbonyl (C=O) groups excluding carboxylic acids is 1. The second kappa shape index (κ2) is 7.89. The van der Waals surface area contributed by atoms with Crippen molar-refractivity contribution in [1.82, 2.24) is 5.32 Å². The lowest BCUT2D eigenvalue weighted by Gasteiger charge is -2.18. The molecule has 2 N–H and O–H groups in total. The fraction of sp³-hybridized carbons (Fsp3) is 0.263. The number of carboxylic acids is 1. The zero-order chi connectivity index (χ0) is 20.3. The molecule has 0 bridgehead atoms. The molecule has 0 fully saturated rings. The van der Waals surface area contributed by atoms with Crippen LogP contribution in [0.15, 0.2) is 42.5 Å². The summed E-state index contributed by atoms with van der Waals surface area (Å²) in [5.74, 6) is -2.09. The van der Waals surface area contributed by atoms with Crippen LogP contribution in [0.25, 0.3) is 0 Å². The van der Waals surface area contributed by atoms with Crippen LogP contribution in [0.2, 0.25) is 0 Å². The number of amides is 1. The Bertz CT molecular complexity index is 880. The summed E-state index contributed by atoms with van der Waals surface area (Å²) in [4.78, 5) is 23.7. The highest BCUT2D eigenvalue weighted by atomic mass is 19.4. The molecule has 2 aromatic rings. The third-order valence-electron chi connectivity index (χ3n) is 4.18.